The molecular weight excluding hydrogens is 410 g/mol. The minimum Gasteiger partial charge on any atom is -0.444 e. The number of aromatic nitrogens is 3. The first-order chi connectivity index (χ1) is 16.3. The number of oxazole rings is 1. The van der Waals surface area contributed by atoms with Crippen molar-refractivity contribution < 1.29 is 4.42 Å². The Hall–Kier alpha value is -3.77. The maximum atomic E-state index is 5.43. The van der Waals surface area contributed by atoms with E-state index in [1.807, 2.05) is 24.4 Å². The highest BCUT2D eigenvalue weighted by Gasteiger charge is 2.27. The van der Waals surface area contributed by atoms with Crippen molar-refractivity contribution in [3.8, 4) is 11.3 Å². The van der Waals surface area contributed by atoms with Gasteiger partial charge < -0.3 is 9.40 Å². The molecule has 1 N–H and O–H groups in total. The number of imidazole rings is 1. The monoisotopic (exact) mass is 435 g/mol. The second-order valence-electron chi connectivity index (χ2n) is 8.65. The number of aromatic amines is 1. The van der Waals surface area contributed by atoms with Crippen molar-refractivity contribution in [3.05, 3.63) is 96.3 Å². The van der Waals surface area contributed by atoms with Gasteiger partial charge in [-0.1, -0.05) is 48.6 Å². The minimum absolute atomic E-state index is 0.306. The highest BCUT2D eigenvalue weighted by molar-refractivity contribution is 5.75. The molecule has 3 heterocycles. The topological polar surface area (TPSA) is 70.3 Å². The predicted molar refractivity (Wildman–Crippen MR) is 130 cm³/mol. The molecule has 2 aromatic carbocycles. The first-order valence-corrected chi connectivity index (χ1v) is 11.4. The molecule has 0 radical (unpaired) electrons. The van der Waals surface area contributed by atoms with E-state index >= 15 is 0 Å². The van der Waals surface area contributed by atoms with Gasteiger partial charge in [-0.15, -0.1) is 0 Å². The quantitative estimate of drug-likeness (QED) is 0.445. The SMILES string of the molecule is C1=CC2=CC(N(Cc3ccc(-c4cnco4)cc3)Cc3nc4ccccc4[nH]3)CCC2N=C1. The molecule has 33 heavy (non-hydrogen) atoms. The van der Waals surface area contributed by atoms with Gasteiger partial charge in [-0.2, -0.15) is 0 Å². The average Bonchev–Trinajstić information content (AvgIpc) is 3.54. The van der Waals surface area contributed by atoms with Gasteiger partial charge in [0, 0.05) is 24.4 Å². The number of para-hydroxylation sites is 2. The van der Waals surface area contributed by atoms with E-state index in [1.54, 1.807) is 6.20 Å². The molecule has 0 amide bonds. The number of dihydropyridines is 1. The Morgan fingerprint density at radius 3 is 2.79 bits per heavy atom. The molecule has 1 aliphatic carbocycles. The van der Waals surface area contributed by atoms with E-state index in [2.05, 4.69) is 68.4 Å². The van der Waals surface area contributed by atoms with E-state index in [0.29, 0.717) is 12.1 Å². The average molecular weight is 436 g/mol. The fraction of sp³-hybridized carbons (Fsp3) is 0.222. The molecule has 6 heteroatoms. The van der Waals surface area contributed by atoms with Gasteiger partial charge in [0.25, 0.3) is 0 Å². The Morgan fingerprint density at radius 2 is 1.94 bits per heavy atom. The Kier molecular flexibility index (Phi) is 5.20. The molecule has 0 spiro atoms. The highest BCUT2D eigenvalue weighted by atomic mass is 16.3. The van der Waals surface area contributed by atoms with Crippen molar-refractivity contribution in [3.63, 3.8) is 0 Å². The lowest BCUT2D eigenvalue weighted by Crippen LogP contribution is -2.37. The molecule has 0 saturated heterocycles. The standard InChI is InChI=1S/C27H25N5O/c1-2-6-25-24(5-1)30-27(31-25)17-32(22-11-12-23-21(14-22)4-3-13-29-23)16-19-7-9-20(10-8-19)26-15-28-18-33-26/h1-10,13-15,18,22-23H,11-12,16-17H2,(H,30,31). The van der Waals surface area contributed by atoms with Crippen LogP contribution in [-0.2, 0) is 13.1 Å². The Balaban J connectivity index is 1.28. The van der Waals surface area contributed by atoms with E-state index in [0.717, 1.165) is 54.1 Å². The van der Waals surface area contributed by atoms with Crippen LogP contribution < -0.4 is 0 Å². The van der Waals surface area contributed by atoms with Crippen molar-refractivity contribution in [2.75, 3.05) is 0 Å². The Morgan fingerprint density at radius 1 is 1.03 bits per heavy atom. The van der Waals surface area contributed by atoms with Crippen LogP contribution in [0.25, 0.3) is 22.4 Å². The molecule has 2 unspecified atom stereocenters. The van der Waals surface area contributed by atoms with E-state index < -0.39 is 0 Å². The molecule has 4 aromatic rings. The van der Waals surface area contributed by atoms with Gasteiger partial charge in [-0.25, -0.2) is 9.97 Å². The molecule has 0 saturated carbocycles. The summed E-state index contributed by atoms with van der Waals surface area (Å²) in [5.74, 6) is 1.78. The predicted octanol–water partition coefficient (Wildman–Crippen LogP) is 5.32. The summed E-state index contributed by atoms with van der Waals surface area (Å²) in [4.78, 5) is 19.5. The van der Waals surface area contributed by atoms with Gasteiger partial charge in [0.05, 0.1) is 29.8 Å². The normalized spacial score (nSPS) is 19.7. The van der Waals surface area contributed by atoms with Crippen LogP contribution in [-0.4, -0.2) is 38.2 Å². The maximum absolute atomic E-state index is 5.43. The van der Waals surface area contributed by atoms with E-state index in [-0.39, 0.29) is 0 Å². The summed E-state index contributed by atoms with van der Waals surface area (Å²) in [6.07, 6.45) is 13.9. The lowest BCUT2D eigenvalue weighted by atomic mass is 9.89. The number of allylic oxidation sites excluding steroid dienone is 1. The number of nitrogens with zero attached hydrogens (tertiary/aromatic N) is 4. The van der Waals surface area contributed by atoms with Crippen molar-refractivity contribution in [1.82, 2.24) is 19.9 Å². The molecule has 2 atom stereocenters. The largest absolute Gasteiger partial charge is 0.444 e. The van der Waals surface area contributed by atoms with Gasteiger partial charge in [-0.3, -0.25) is 9.89 Å². The van der Waals surface area contributed by atoms with E-state index in [4.69, 9.17) is 9.40 Å². The van der Waals surface area contributed by atoms with Crippen molar-refractivity contribution in [2.24, 2.45) is 4.99 Å². The first kappa shape index (κ1) is 19.9. The molecule has 1 aliphatic heterocycles. The van der Waals surface area contributed by atoms with Crippen LogP contribution in [0.5, 0.6) is 0 Å². The van der Waals surface area contributed by atoms with Gasteiger partial charge in [0.15, 0.2) is 12.2 Å². The molecule has 2 aromatic heterocycles. The van der Waals surface area contributed by atoms with Crippen LogP contribution >= 0.6 is 0 Å². The molecule has 0 fully saturated rings. The molecule has 2 aliphatic rings. The number of fused-ring (bicyclic) bond motifs is 2. The third-order valence-electron chi connectivity index (χ3n) is 6.46. The summed E-state index contributed by atoms with van der Waals surface area (Å²) in [7, 11) is 0. The van der Waals surface area contributed by atoms with Crippen LogP contribution in [0.15, 0.2) is 94.3 Å². The van der Waals surface area contributed by atoms with Crippen LogP contribution in [0.4, 0.5) is 0 Å². The van der Waals surface area contributed by atoms with Gasteiger partial charge in [0.2, 0.25) is 0 Å². The molecule has 164 valence electrons. The third kappa shape index (κ3) is 4.17. The van der Waals surface area contributed by atoms with E-state index in [9.17, 15) is 0 Å². The van der Waals surface area contributed by atoms with Crippen LogP contribution in [0.3, 0.4) is 0 Å². The van der Waals surface area contributed by atoms with Crippen LogP contribution in [0.1, 0.15) is 24.2 Å². The number of H-pyrrole nitrogens is 1. The fourth-order valence-corrected chi connectivity index (χ4v) is 4.77. The zero-order valence-corrected chi connectivity index (χ0v) is 18.3. The molecular formula is C27H25N5O. The Bertz CT molecular complexity index is 1300. The molecule has 0 bridgehead atoms. The number of nitrogens with one attached hydrogen (secondary N) is 1. The zero-order valence-electron chi connectivity index (χ0n) is 18.3. The lowest BCUT2D eigenvalue weighted by Gasteiger charge is -2.34. The Labute approximate surface area is 192 Å². The minimum atomic E-state index is 0.306. The maximum Gasteiger partial charge on any atom is 0.181 e. The molecule has 6 nitrogen and oxygen atoms in total. The number of benzene rings is 2. The fourth-order valence-electron chi connectivity index (χ4n) is 4.77. The third-order valence-corrected chi connectivity index (χ3v) is 6.46. The number of rotatable bonds is 6. The number of hydrogen-bond acceptors (Lipinski definition) is 5. The van der Waals surface area contributed by atoms with Gasteiger partial charge in [-0.05, 0) is 42.2 Å². The number of aliphatic imine (C=N–C) groups is 1. The first-order valence-electron chi connectivity index (χ1n) is 11.4. The summed E-state index contributed by atoms with van der Waals surface area (Å²) in [6, 6.07) is 17.4. The lowest BCUT2D eigenvalue weighted by molar-refractivity contribution is 0.188. The van der Waals surface area contributed by atoms with Crippen molar-refractivity contribution in [2.45, 2.75) is 38.0 Å². The summed E-state index contributed by atoms with van der Waals surface area (Å²) in [5.41, 5.74) is 5.70. The van der Waals surface area contributed by atoms with Crippen LogP contribution in [0.2, 0.25) is 0 Å². The van der Waals surface area contributed by atoms with Crippen molar-refractivity contribution in [1.29, 1.82) is 0 Å². The molecule has 6 rings (SSSR count). The highest BCUT2D eigenvalue weighted by Crippen LogP contribution is 2.29. The smallest absolute Gasteiger partial charge is 0.181 e. The van der Waals surface area contributed by atoms with Gasteiger partial charge >= 0.3 is 0 Å². The van der Waals surface area contributed by atoms with Gasteiger partial charge in [0.1, 0.15) is 5.82 Å². The summed E-state index contributed by atoms with van der Waals surface area (Å²) >= 11 is 0. The zero-order chi connectivity index (χ0) is 22.0. The second kappa shape index (κ2) is 8.64. The van der Waals surface area contributed by atoms with E-state index in [1.165, 1.54) is 17.5 Å². The second-order valence-corrected chi connectivity index (χ2v) is 8.65. The number of hydrogen-bond donors (Lipinski definition) is 1. The van der Waals surface area contributed by atoms with Crippen LogP contribution in [0, 0.1) is 0 Å². The summed E-state index contributed by atoms with van der Waals surface area (Å²) in [5, 5.41) is 0. The summed E-state index contributed by atoms with van der Waals surface area (Å²) < 4.78 is 5.43. The van der Waals surface area contributed by atoms with Crippen molar-refractivity contribution >= 4 is 17.2 Å². The summed E-state index contributed by atoms with van der Waals surface area (Å²) in [6.45, 7) is 1.59.